The van der Waals surface area contributed by atoms with Crippen molar-refractivity contribution in [3.05, 3.63) is 132 Å². The number of thiophene rings is 2. The van der Waals surface area contributed by atoms with E-state index in [4.69, 9.17) is 0 Å². The number of hydrogen-bond acceptors (Lipinski definition) is 2. The van der Waals surface area contributed by atoms with Crippen molar-refractivity contribution in [3.8, 4) is 11.1 Å². The molecule has 2 aromatic heterocycles. The van der Waals surface area contributed by atoms with Gasteiger partial charge < -0.3 is 0 Å². The van der Waals surface area contributed by atoms with Crippen molar-refractivity contribution in [1.82, 2.24) is 0 Å². The minimum Gasteiger partial charge on any atom is -0.135 e. The zero-order valence-corrected chi connectivity index (χ0v) is 24.7. The first-order valence-electron chi connectivity index (χ1n) is 14.1. The normalized spacial score (nSPS) is 14.4. The second kappa shape index (κ2) is 7.92. The third kappa shape index (κ3) is 2.74. The number of rotatable bonds is 0. The summed E-state index contributed by atoms with van der Waals surface area (Å²) in [6, 6.07) is 46.3. The highest BCUT2D eigenvalue weighted by Crippen LogP contribution is 2.41. The zero-order valence-electron chi connectivity index (χ0n) is 22.0. The van der Waals surface area contributed by atoms with Crippen LogP contribution < -0.4 is 20.7 Å². The molecule has 0 amide bonds. The monoisotopic (exact) mass is 570 g/mol. The van der Waals surface area contributed by atoms with Crippen molar-refractivity contribution in [2.24, 2.45) is 0 Å². The van der Waals surface area contributed by atoms with Crippen LogP contribution in [0.2, 0.25) is 0 Å². The second-order valence-corrected chi connectivity index (χ2v) is 17.0. The highest BCUT2D eigenvalue weighted by atomic mass is 32.1. The average molecular weight is 571 g/mol. The number of fused-ring (bicyclic) bond motifs is 16. The molecule has 4 heterocycles. The van der Waals surface area contributed by atoms with E-state index in [1.807, 2.05) is 22.7 Å². The fourth-order valence-corrected chi connectivity index (χ4v) is 15.6. The van der Waals surface area contributed by atoms with E-state index in [1.165, 1.54) is 83.3 Å². The molecule has 0 aliphatic carbocycles. The lowest BCUT2D eigenvalue weighted by Gasteiger charge is -2.33. The van der Waals surface area contributed by atoms with Crippen molar-refractivity contribution in [2.75, 3.05) is 0 Å². The Morgan fingerprint density at radius 3 is 1.83 bits per heavy atom. The standard InChI is InChI=1S/C38H22S2Si/c1-5-13-30-24(9-1)29-22-37-23(21-33(29)40-30)17-18-28-36(20-19-32-38(28)27-12-2-6-14-31(27)39-32)41(37)34-15-7-3-10-25(34)26-11-4-8-16-35(26)41/h1-22H. The summed E-state index contributed by atoms with van der Waals surface area (Å²) in [7, 11) is -2.66. The van der Waals surface area contributed by atoms with Gasteiger partial charge in [0.05, 0.1) is 0 Å². The molecule has 3 heteroatoms. The van der Waals surface area contributed by atoms with Crippen molar-refractivity contribution in [3.63, 3.8) is 0 Å². The fraction of sp³-hybridized carbons (Fsp3) is 0. The first-order valence-corrected chi connectivity index (χ1v) is 17.7. The number of hydrogen-bond donors (Lipinski definition) is 0. The second-order valence-electron chi connectivity index (χ2n) is 11.2. The maximum absolute atomic E-state index is 2.66. The van der Waals surface area contributed by atoms with Gasteiger partial charge in [-0.25, -0.2) is 0 Å². The molecule has 2 aliphatic heterocycles. The van der Waals surface area contributed by atoms with Crippen molar-refractivity contribution in [1.29, 1.82) is 0 Å². The van der Waals surface area contributed by atoms with Crippen LogP contribution in [0.25, 0.3) is 63.6 Å². The van der Waals surface area contributed by atoms with Crippen LogP contribution in [0.4, 0.5) is 0 Å². The van der Waals surface area contributed by atoms with E-state index in [2.05, 4.69) is 133 Å². The van der Waals surface area contributed by atoms with Gasteiger partial charge in [0, 0.05) is 40.3 Å². The van der Waals surface area contributed by atoms with Crippen molar-refractivity contribution >= 4 is 104 Å². The molecule has 10 rings (SSSR count). The zero-order chi connectivity index (χ0) is 26.7. The summed E-state index contributed by atoms with van der Waals surface area (Å²) in [4.78, 5) is 0. The van der Waals surface area contributed by atoms with Crippen LogP contribution >= 0.6 is 22.7 Å². The van der Waals surface area contributed by atoms with Gasteiger partial charge in [-0.15, -0.1) is 22.7 Å². The minimum absolute atomic E-state index is 1.36. The molecule has 0 radical (unpaired) electrons. The average Bonchev–Trinajstić information content (AvgIpc) is 3.64. The van der Waals surface area contributed by atoms with Crippen molar-refractivity contribution < 1.29 is 0 Å². The van der Waals surface area contributed by atoms with Gasteiger partial charge in [-0.05, 0) is 67.3 Å². The van der Waals surface area contributed by atoms with Crippen LogP contribution in [0.3, 0.4) is 0 Å². The summed E-state index contributed by atoms with van der Waals surface area (Å²) in [5.41, 5.74) is 5.58. The molecule has 0 unspecified atom stereocenters. The maximum Gasteiger partial charge on any atom is 0.182 e. The lowest BCUT2D eigenvalue weighted by atomic mass is 10.0. The van der Waals surface area contributed by atoms with E-state index in [0.29, 0.717) is 0 Å². The van der Waals surface area contributed by atoms with Gasteiger partial charge in [0.2, 0.25) is 0 Å². The summed E-state index contributed by atoms with van der Waals surface area (Å²) in [5, 5.41) is 11.6. The molecular formula is C38H22S2Si. The topological polar surface area (TPSA) is 0 Å². The SMILES string of the molecule is C1=Cc2c(ccc3sc4ccccc4c23)[Si]2(c3cc4c(cc31)sc1ccccc14)c1ccccc1-c1ccccc12. The van der Waals surface area contributed by atoms with Gasteiger partial charge in [0.15, 0.2) is 8.07 Å². The van der Waals surface area contributed by atoms with E-state index >= 15 is 0 Å². The van der Waals surface area contributed by atoms with E-state index in [0.717, 1.165) is 0 Å². The highest BCUT2D eigenvalue weighted by Gasteiger charge is 2.51. The molecule has 0 N–H and O–H groups in total. The van der Waals surface area contributed by atoms with Gasteiger partial charge in [-0.2, -0.15) is 0 Å². The molecule has 0 fully saturated rings. The Kier molecular flexibility index (Phi) is 4.33. The Hall–Kier alpha value is -4.28. The van der Waals surface area contributed by atoms with Crippen LogP contribution in [0.15, 0.2) is 121 Å². The van der Waals surface area contributed by atoms with Crippen LogP contribution in [0.5, 0.6) is 0 Å². The van der Waals surface area contributed by atoms with E-state index in [-0.39, 0.29) is 0 Å². The molecular weight excluding hydrogens is 549 g/mol. The Balaban J connectivity index is 1.45. The molecule has 0 saturated carbocycles. The lowest BCUT2D eigenvalue weighted by Crippen LogP contribution is -2.73. The first kappa shape index (κ1) is 22.4. The van der Waals surface area contributed by atoms with Gasteiger partial charge in [-0.3, -0.25) is 0 Å². The van der Waals surface area contributed by atoms with Crippen LogP contribution in [0, 0.1) is 0 Å². The molecule has 1 spiro atoms. The van der Waals surface area contributed by atoms with Crippen LogP contribution in [-0.4, -0.2) is 8.07 Å². The summed E-state index contributed by atoms with van der Waals surface area (Å²) < 4.78 is 5.47. The smallest absolute Gasteiger partial charge is 0.135 e. The summed E-state index contributed by atoms with van der Waals surface area (Å²) in [6.45, 7) is 0. The Labute approximate surface area is 246 Å². The summed E-state index contributed by atoms with van der Waals surface area (Å²) in [5.74, 6) is 0. The molecule has 6 aromatic carbocycles. The summed E-state index contributed by atoms with van der Waals surface area (Å²) in [6.07, 6.45) is 4.87. The molecule has 0 atom stereocenters. The van der Waals surface area contributed by atoms with E-state index < -0.39 is 8.07 Å². The van der Waals surface area contributed by atoms with E-state index in [9.17, 15) is 0 Å². The van der Waals surface area contributed by atoms with Gasteiger partial charge in [0.25, 0.3) is 0 Å². The van der Waals surface area contributed by atoms with Gasteiger partial charge in [0.1, 0.15) is 0 Å². The summed E-state index contributed by atoms with van der Waals surface area (Å²) >= 11 is 3.83. The maximum atomic E-state index is 2.59. The Morgan fingerprint density at radius 1 is 0.415 bits per heavy atom. The highest BCUT2D eigenvalue weighted by molar-refractivity contribution is 7.27. The van der Waals surface area contributed by atoms with Crippen LogP contribution in [-0.2, 0) is 0 Å². The third-order valence-electron chi connectivity index (χ3n) is 9.32. The lowest BCUT2D eigenvalue weighted by molar-refractivity contribution is 1.71. The Morgan fingerprint density at radius 2 is 1.05 bits per heavy atom. The molecule has 8 aromatic rings. The van der Waals surface area contributed by atoms with Gasteiger partial charge in [-0.1, -0.05) is 109 Å². The molecule has 41 heavy (non-hydrogen) atoms. The van der Waals surface area contributed by atoms with Gasteiger partial charge >= 0.3 is 0 Å². The van der Waals surface area contributed by atoms with E-state index in [1.54, 1.807) is 0 Å². The quantitative estimate of drug-likeness (QED) is 0.161. The molecule has 0 saturated heterocycles. The minimum atomic E-state index is -2.66. The fourth-order valence-electron chi connectivity index (χ4n) is 7.73. The largest absolute Gasteiger partial charge is 0.182 e. The third-order valence-corrected chi connectivity index (χ3v) is 16.6. The molecule has 0 bridgehead atoms. The first-order chi connectivity index (χ1) is 20.3. The molecule has 2 aliphatic rings. The predicted octanol–water partition coefficient (Wildman–Crippen LogP) is 8.26. The molecule has 0 nitrogen and oxygen atoms in total. The predicted molar refractivity (Wildman–Crippen MR) is 184 cm³/mol. The Bertz CT molecular complexity index is 2390. The number of benzene rings is 6. The van der Waals surface area contributed by atoms with Crippen molar-refractivity contribution in [2.45, 2.75) is 0 Å². The molecule has 190 valence electrons. The van der Waals surface area contributed by atoms with Crippen LogP contribution in [0.1, 0.15) is 11.1 Å².